The standard InChI is InChI=1S/C11H26N2O4.C8H20N2O2.2CNO.Y/c1-8(12)5-14-10(3)16-7-17-11(4)15-6-9(2)13;1-7(10)6-12-8(2)11-5-3-4-9;2*2-1-3;/h8-11H,5-7,12-13H2,1-4H3;7-8H,3-6,9-10H2,1-2H3;;;/q;;2*-1;. The Bertz CT molecular complexity index is 465. The number of isocyanates is 2. The van der Waals surface area contributed by atoms with Gasteiger partial charge in [0.1, 0.15) is 0 Å². The van der Waals surface area contributed by atoms with Gasteiger partial charge < -0.3 is 62.2 Å². The smallest absolute Gasteiger partial charge is 0.157 e. The van der Waals surface area contributed by atoms with Crippen LogP contribution in [0, 0.1) is 0 Å². The first-order valence-electron chi connectivity index (χ1n) is 11.1. The van der Waals surface area contributed by atoms with Crippen LogP contribution in [-0.2, 0) is 70.7 Å². The van der Waals surface area contributed by atoms with Gasteiger partial charge in [-0.05, 0) is 66.7 Å². The Morgan fingerprint density at radius 2 is 0.917 bits per heavy atom. The van der Waals surface area contributed by atoms with E-state index >= 15 is 0 Å². The quantitative estimate of drug-likeness (QED) is 0.0761. The van der Waals surface area contributed by atoms with Gasteiger partial charge in [-0.15, -0.1) is 0 Å². The molecule has 0 aromatic heterocycles. The van der Waals surface area contributed by atoms with Crippen molar-refractivity contribution < 1.29 is 70.7 Å². The summed E-state index contributed by atoms with van der Waals surface area (Å²) in [6.07, 6.45) is 0.997. The first kappa shape index (κ1) is 45.4. The van der Waals surface area contributed by atoms with Crippen molar-refractivity contribution in [3.63, 3.8) is 0 Å². The number of nitrogens with zero attached hydrogens (tertiary/aromatic N) is 2. The van der Waals surface area contributed by atoms with E-state index in [1.165, 1.54) is 0 Å². The molecule has 213 valence electrons. The summed E-state index contributed by atoms with van der Waals surface area (Å²) < 4.78 is 31.6. The minimum Gasteiger partial charge on any atom is -0.724 e. The zero-order valence-electron chi connectivity index (χ0n) is 22.5. The summed E-state index contributed by atoms with van der Waals surface area (Å²) in [7, 11) is 0. The third-order valence-corrected chi connectivity index (χ3v) is 3.09. The fourth-order valence-corrected chi connectivity index (χ4v) is 1.57. The van der Waals surface area contributed by atoms with E-state index in [0.717, 1.165) is 6.42 Å². The van der Waals surface area contributed by atoms with E-state index in [9.17, 15) is 0 Å². The molecular formula is C21H46N6O8Y-2. The van der Waals surface area contributed by atoms with Crippen LogP contribution in [-0.4, -0.2) is 88.9 Å². The predicted octanol–water partition coefficient (Wildman–Crippen LogP) is 0.239. The molecule has 6 unspecified atom stereocenters. The van der Waals surface area contributed by atoms with E-state index in [4.69, 9.17) is 71.8 Å². The average Bonchev–Trinajstić information content (AvgIpc) is 2.76. The summed E-state index contributed by atoms with van der Waals surface area (Å²) in [6.45, 7) is 13.9. The summed E-state index contributed by atoms with van der Waals surface area (Å²) in [4.78, 5) is 16.5. The van der Waals surface area contributed by atoms with E-state index < -0.39 is 0 Å². The summed E-state index contributed by atoms with van der Waals surface area (Å²) >= 11 is 0. The molecule has 0 spiro atoms. The average molecular weight is 600 g/mol. The van der Waals surface area contributed by atoms with Crippen LogP contribution in [0.2, 0.25) is 0 Å². The Morgan fingerprint density at radius 1 is 0.639 bits per heavy atom. The van der Waals surface area contributed by atoms with Gasteiger partial charge in [0.2, 0.25) is 0 Å². The second-order valence-electron chi connectivity index (χ2n) is 7.28. The molecule has 0 aromatic rings. The minimum absolute atomic E-state index is 0. The first-order chi connectivity index (χ1) is 16.4. The van der Waals surface area contributed by atoms with Gasteiger partial charge in [-0.25, -0.2) is 0 Å². The molecule has 0 amide bonds. The molecule has 1 radical (unpaired) electrons. The summed E-state index contributed by atoms with van der Waals surface area (Å²) in [5.41, 5.74) is 21.9. The van der Waals surface area contributed by atoms with Gasteiger partial charge >= 0.3 is 0 Å². The maximum atomic E-state index is 8.24. The van der Waals surface area contributed by atoms with E-state index in [1.54, 1.807) is 13.8 Å². The summed E-state index contributed by atoms with van der Waals surface area (Å²) in [5.74, 6) is 0. The van der Waals surface area contributed by atoms with Crippen molar-refractivity contribution in [3.05, 3.63) is 10.8 Å². The molecule has 0 aliphatic heterocycles. The molecule has 15 heteroatoms. The van der Waals surface area contributed by atoms with Crippen molar-refractivity contribution in [2.75, 3.05) is 39.8 Å². The maximum Gasteiger partial charge on any atom is 0.157 e. The molecule has 0 fully saturated rings. The second-order valence-corrected chi connectivity index (χ2v) is 7.28. The number of carbonyl (C=O) groups excluding carboxylic acids is 2. The normalized spacial score (nSPS) is 14.6. The molecule has 0 bridgehead atoms. The second kappa shape index (κ2) is 36.6. The number of hydrogen-bond acceptors (Lipinski definition) is 12. The SMILES string of the molecule is CC(N)COC(C)OCCCN.CC(N)COC(C)OCOC(C)OCC(C)N.[N-]=C=O.[N-]=C=O.[Y]. The van der Waals surface area contributed by atoms with Crippen LogP contribution in [0.3, 0.4) is 0 Å². The molecule has 0 aromatic carbocycles. The Kier molecular flexibility index (Phi) is 46.2. The van der Waals surface area contributed by atoms with E-state index in [-0.39, 0.29) is 76.5 Å². The Balaban J connectivity index is -0.000000147. The predicted molar refractivity (Wildman–Crippen MR) is 132 cm³/mol. The van der Waals surface area contributed by atoms with Crippen molar-refractivity contribution in [1.29, 1.82) is 0 Å². The first-order valence-corrected chi connectivity index (χ1v) is 11.1. The number of nitrogens with two attached hydrogens (primary N) is 4. The van der Waals surface area contributed by atoms with Gasteiger partial charge in [0, 0.05) is 50.8 Å². The third kappa shape index (κ3) is 54.4. The van der Waals surface area contributed by atoms with Crippen LogP contribution < -0.4 is 22.9 Å². The van der Waals surface area contributed by atoms with Crippen LogP contribution in [0.1, 0.15) is 48.0 Å². The number of rotatable bonds is 17. The largest absolute Gasteiger partial charge is 0.724 e. The fraction of sp³-hybridized carbons (Fsp3) is 0.905. The van der Waals surface area contributed by atoms with Crippen molar-refractivity contribution in [2.45, 2.75) is 85.0 Å². The van der Waals surface area contributed by atoms with Crippen molar-refractivity contribution in [1.82, 2.24) is 0 Å². The molecule has 0 saturated carbocycles. The van der Waals surface area contributed by atoms with Crippen LogP contribution in [0.15, 0.2) is 0 Å². The fourth-order valence-electron chi connectivity index (χ4n) is 1.57. The molecule has 0 heterocycles. The minimum atomic E-state index is -0.346. The number of ether oxygens (including phenoxy) is 6. The molecule has 6 atom stereocenters. The molecular weight excluding hydrogens is 553 g/mol. The maximum absolute atomic E-state index is 8.24. The molecule has 0 rings (SSSR count). The van der Waals surface area contributed by atoms with Crippen LogP contribution >= 0.6 is 0 Å². The van der Waals surface area contributed by atoms with Gasteiger partial charge in [0.25, 0.3) is 0 Å². The Labute approximate surface area is 240 Å². The van der Waals surface area contributed by atoms with Gasteiger partial charge in [-0.1, -0.05) is 0 Å². The monoisotopic (exact) mass is 599 g/mol. The van der Waals surface area contributed by atoms with Gasteiger partial charge in [0.05, 0.1) is 26.4 Å². The van der Waals surface area contributed by atoms with E-state index in [0.29, 0.717) is 45.1 Å². The molecule has 36 heavy (non-hydrogen) atoms. The van der Waals surface area contributed by atoms with E-state index in [1.807, 2.05) is 27.7 Å². The van der Waals surface area contributed by atoms with Crippen molar-refractivity contribution in [2.24, 2.45) is 22.9 Å². The summed E-state index contributed by atoms with van der Waals surface area (Å²) in [6, 6.07) is 0.0519. The Hall–Kier alpha value is -0.536. The van der Waals surface area contributed by atoms with Crippen molar-refractivity contribution in [3.8, 4) is 0 Å². The van der Waals surface area contributed by atoms with Gasteiger partial charge in [0.15, 0.2) is 25.7 Å². The molecule has 14 nitrogen and oxygen atoms in total. The Morgan fingerprint density at radius 3 is 1.17 bits per heavy atom. The third-order valence-electron chi connectivity index (χ3n) is 3.09. The van der Waals surface area contributed by atoms with Crippen LogP contribution in [0.5, 0.6) is 0 Å². The molecule has 8 N–H and O–H groups in total. The zero-order chi connectivity index (χ0) is 28.1. The van der Waals surface area contributed by atoms with E-state index in [2.05, 4.69) is 0 Å². The topological polar surface area (TPSA) is 238 Å². The van der Waals surface area contributed by atoms with Crippen molar-refractivity contribution >= 4 is 12.2 Å². The van der Waals surface area contributed by atoms with Crippen LogP contribution in [0.25, 0.3) is 10.8 Å². The summed E-state index contributed by atoms with van der Waals surface area (Å²) in [5, 5.41) is 13.5. The van der Waals surface area contributed by atoms with Gasteiger partial charge in [-0.2, -0.15) is 0 Å². The molecule has 0 aliphatic carbocycles. The molecule has 0 saturated heterocycles. The number of hydrogen-bond donors (Lipinski definition) is 4. The zero-order valence-corrected chi connectivity index (χ0v) is 25.3. The van der Waals surface area contributed by atoms with Crippen LogP contribution in [0.4, 0.5) is 0 Å². The molecule has 0 aliphatic rings. The van der Waals surface area contributed by atoms with Gasteiger partial charge in [-0.3, -0.25) is 9.59 Å².